The molecule has 1 fully saturated rings. The summed E-state index contributed by atoms with van der Waals surface area (Å²) in [6, 6.07) is 12.8. The summed E-state index contributed by atoms with van der Waals surface area (Å²) >= 11 is 0. The molecule has 0 aliphatic carbocycles. The van der Waals surface area contributed by atoms with Crippen LogP contribution >= 0.6 is 0 Å². The van der Waals surface area contributed by atoms with Gasteiger partial charge in [0.2, 0.25) is 5.91 Å². The van der Waals surface area contributed by atoms with E-state index in [-0.39, 0.29) is 17.6 Å². The smallest absolute Gasteiger partial charge is 0.223 e. The summed E-state index contributed by atoms with van der Waals surface area (Å²) in [5.74, 6) is 0.847. The van der Waals surface area contributed by atoms with E-state index in [1.165, 1.54) is 12.1 Å². The number of piperidine rings is 1. The number of carbonyl (C=O) groups excluding carboxylic acids is 1. The average Bonchev–Trinajstić information content (AvgIpc) is 2.70. The Morgan fingerprint density at radius 3 is 2.57 bits per heavy atom. The lowest BCUT2D eigenvalue weighted by Crippen LogP contribution is -2.41. The molecule has 1 heterocycles. The van der Waals surface area contributed by atoms with Crippen LogP contribution in [0.2, 0.25) is 0 Å². The van der Waals surface area contributed by atoms with Crippen molar-refractivity contribution >= 4 is 5.91 Å². The van der Waals surface area contributed by atoms with Gasteiger partial charge in [-0.25, -0.2) is 4.39 Å². The first-order valence-electron chi connectivity index (χ1n) is 9.96. The number of nitrogens with one attached hydrogen (secondary N) is 1. The summed E-state index contributed by atoms with van der Waals surface area (Å²) in [6.07, 6.45) is 1.70. The quantitative estimate of drug-likeness (QED) is 0.738. The van der Waals surface area contributed by atoms with Crippen molar-refractivity contribution in [1.29, 1.82) is 0 Å². The highest BCUT2D eigenvalue weighted by atomic mass is 19.1. The predicted molar refractivity (Wildman–Crippen MR) is 109 cm³/mol. The second-order valence-corrected chi connectivity index (χ2v) is 7.59. The lowest BCUT2D eigenvalue weighted by molar-refractivity contribution is -0.126. The van der Waals surface area contributed by atoms with Gasteiger partial charge in [-0.05, 0) is 74.7 Å². The van der Waals surface area contributed by atoms with Gasteiger partial charge in [0.1, 0.15) is 18.2 Å². The van der Waals surface area contributed by atoms with Crippen LogP contribution < -0.4 is 10.1 Å². The maximum Gasteiger partial charge on any atom is 0.223 e. The van der Waals surface area contributed by atoms with Gasteiger partial charge >= 0.3 is 0 Å². The van der Waals surface area contributed by atoms with E-state index in [4.69, 9.17) is 4.74 Å². The molecule has 2 aromatic carbocycles. The van der Waals surface area contributed by atoms with Crippen LogP contribution in [0.5, 0.6) is 5.75 Å². The second kappa shape index (κ2) is 9.69. The number of likely N-dealkylation sites (tertiary alicyclic amines) is 1. The predicted octanol–water partition coefficient (Wildman–Crippen LogP) is 3.85. The Morgan fingerprint density at radius 1 is 1.14 bits per heavy atom. The fourth-order valence-corrected chi connectivity index (χ4v) is 3.54. The Hall–Kier alpha value is -2.40. The van der Waals surface area contributed by atoms with Crippen LogP contribution in [0.1, 0.15) is 29.5 Å². The third kappa shape index (κ3) is 5.80. The molecule has 0 bridgehead atoms. The lowest BCUT2D eigenvalue weighted by atomic mass is 9.95. The van der Waals surface area contributed by atoms with E-state index in [0.717, 1.165) is 54.9 Å². The van der Waals surface area contributed by atoms with Crippen LogP contribution in [-0.2, 0) is 11.3 Å². The average molecular weight is 384 g/mol. The monoisotopic (exact) mass is 384 g/mol. The number of hydrogen-bond donors (Lipinski definition) is 1. The largest absolute Gasteiger partial charge is 0.491 e. The molecule has 0 spiro atoms. The van der Waals surface area contributed by atoms with Gasteiger partial charge < -0.3 is 10.1 Å². The van der Waals surface area contributed by atoms with Gasteiger partial charge in [0.05, 0.1) is 6.54 Å². The van der Waals surface area contributed by atoms with E-state index in [1.54, 1.807) is 0 Å². The lowest BCUT2D eigenvalue weighted by Gasteiger charge is -2.31. The molecular formula is C23H29FN2O2. The Balaban J connectivity index is 1.35. The maximum atomic E-state index is 13.0. The van der Waals surface area contributed by atoms with Crippen LogP contribution in [0.3, 0.4) is 0 Å². The Labute approximate surface area is 166 Å². The standard InChI is InChI=1S/C23H29FN2O2/c1-17-3-4-18(2)22(15-17)28-14-11-25-23(27)20-9-12-26(13-10-20)16-19-5-7-21(24)8-6-19/h3-8,15,20H,9-14,16H2,1-2H3,(H,25,27). The fourth-order valence-electron chi connectivity index (χ4n) is 3.54. The second-order valence-electron chi connectivity index (χ2n) is 7.59. The van der Waals surface area contributed by atoms with Gasteiger partial charge in [-0.15, -0.1) is 0 Å². The van der Waals surface area contributed by atoms with E-state index in [0.29, 0.717) is 13.2 Å². The molecule has 0 unspecified atom stereocenters. The molecule has 2 aromatic rings. The number of hydrogen-bond acceptors (Lipinski definition) is 3. The molecule has 0 aromatic heterocycles. The molecule has 1 aliphatic heterocycles. The summed E-state index contributed by atoms with van der Waals surface area (Å²) in [5.41, 5.74) is 3.37. The molecule has 0 atom stereocenters. The van der Waals surface area contributed by atoms with E-state index in [2.05, 4.69) is 16.3 Å². The number of carbonyl (C=O) groups is 1. The molecule has 1 amide bonds. The fraction of sp³-hybridized carbons (Fsp3) is 0.435. The summed E-state index contributed by atoms with van der Waals surface area (Å²) in [5, 5.41) is 3.00. The number of aryl methyl sites for hydroxylation is 2. The van der Waals surface area contributed by atoms with Gasteiger partial charge in [0.25, 0.3) is 0 Å². The van der Waals surface area contributed by atoms with Gasteiger partial charge in [0.15, 0.2) is 0 Å². The topological polar surface area (TPSA) is 41.6 Å². The van der Waals surface area contributed by atoms with Crippen molar-refractivity contribution in [3.8, 4) is 5.75 Å². The first-order valence-corrected chi connectivity index (χ1v) is 9.96. The molecule has 0 radical (unpaired) electrons. The summed E-state index contributed by atoms with van der Waals surface area (Å²) < 4.78 is 18.8. The first-order chi connectivity index (χ1) is 13.5. The Morgan fingerprint density at radius 2 is 1.86 bits per heavy atom. The zero-order chi connectivity index (χ0) is 19.9. The number of halogens is 1. The third-order valence-electron chi connectivity index (χ3n) is 5.28. The molecule has 5 heteroatoms. The van der Waals surface area contributed by atoms with Gasteiger partial charge in [-0.3, -0.25) is 9.69 Å². The van der Waals surface area contributed by atoms with Crippen molar-refractivity contribution in [3.63, 3.8) is 0 Å². The molecule has 1 saturated heterocycles. The van der Waals surface area contributed by atoms with Crippen molar-refractivity contribution in [2.24, 2.45) is 5.92 Å². The summed E-state index contributed by atoms with van der Waals surface area (Å²) in [4.78, 5) is 14.7. The molecule has 4 nitrogen and oxygen atoms in total. The van der Waals surface area contributed by atoms with E-state index in [9.17, 15) is 9.18 Å². The van der Waals surface area contributed by atoms with Gasteiger partial charge in [-0.2, -0.15) is 0 Å². The maximum absolute atomic E-state index is 13.0. The van der Waals surface area contributed by atoms with Gasteiger partial charge in [0, 0.05) is 12.5 Å². The minimum Gasteiger partial charge on any atom is -0.491 e. The van der Waals surface area contributed by atoms with E-state index < -0.39 is 0 Å². The number of rotatable bonds is 7. The SMILES string of the molecule is Cc1ccc(C)c(OCCNC(=O)C2CCN(Cc3ccc(F)cc3)CC2)c1. The van der Waals surface area contributed by atoms with Crippen molar-refractivity contribution in [3.05, 3.63) is 65.0 Å². The molecular weight excluding hydrogens is 355 g/mol. The number of ether oxygens (including phenoxy) is 1. The molecule has 1 N–H and O–H groups in total. The van der Waals surface area contributed by atoms with Crippen LogP contribution in [0.4, 0.5) is 4.39 Å². The highest BCUT2D eigenvalue weighted by molar-refractivity contribution is 5.78. The molecule has 3 rings (SSSR count). The number of benzene rings is 2. The van der Waals surface area contributed by atoms with Crippen LogP contribution in [-0.4, -0.2) is 37.0 Å². The third-order valence-corrected chi connectivity index (χ3v) is 5.28. The van der Waals surface area contributed by atoms with Crippen molar-refractivity contribution in [2.45, 2.75) is 33.2 Å². The minimum absolute atomic E-state index is 0.0603. The minimum atomic E-state index is -0.208. The van der Waals surface area contributed by atoms with Crippen molar-refractivity contribution in [2.75, 3.05) is 26.2 Å². The number of amides is 1. The molecule has 0 saturated carbocycles. The van der Waals surface area contributed by atoms with Crippen LogP contribution in [0.15, 0.2) is 42.5 Å². The zero-order valence-corrected chi connectivity index (χ0v) is 16.7. The Kier molecular flexibility index (Phi) is 7.04. The van der Waals surface area contributed by atoms with Crippen LogP contribution in [0, 0.1) is 25.6 Å². The summed E-state index contributed by atoms with van der Waals surface area (Å²) in [6.45, 7) is 7.62. The molecule has 28 heavy (non-hydrogen) atoms. The highest BCUT2D eigenvalue weighted by Gasteiger charge is 2.24. The highest BCUT2D eigenvalue weighted by Crippen LogP contribution is 2.20. The van der Waals surface area contributed by atoms with Crippen molar-refractivity contribution in [1.82, 2.24) is 10.2 Å². The van der Waals surface area contributed by atoms with E-state index >= 15 is 0 Å². The Bertz CT molecular complexity index is 784. The molecule has 150 valence electrons. The number of nitrogens with zero attached hydrogens (tertiary/aromatic N) is 1. The zero-order valence-electron chi connectivity index (χ0n) is 16.7. The van der Waals surface area contributed by atoms with Crippen LogP contribution in [0.25, 0.3) is 0 Å². The van der Waals surface area contributed by atoms with Gasteiger partial charge in [-0.1, -0.05) is 24.3 Å². The van der Waals surface area contributed by atoms with Crippen molar-refractivity contribution < 1.29 is 13.9 Å². The van der Waals surface area contributed by atoms with E-state index in [1.807, 2.05) is 38.1 Å². The normalized spacial score (nSPS) is 15.4. The first kappa shape index (κ1) is 20.3. The summed E-state index contributed by atoms with van der Waals surface area (Å²) in [7, 11) is 0. The molecule has 1 aliphatic rings.